The van der Waals surface area contributed by atoms with E-state index in [1.165, 1.54) is 7.11 Å². The van der Waals surface area contributed by atoms with Crippen molar-refractivity contribution >= 4 is 11.9 Å². The molecule has 6 nitrogen and oxygen atoms in total. The minimum atomic E-state index is -0.223. The summed E-state index contributed by atoms with van der Waals surface area (Å²) in [5.41, 5.74) is 6.57. The Bertz CT molecular complexity index is 454. The smallest absolute Gasteiger partial charge is 0.232 e. The van der Waals surface area contributed by atoms with Gasteiger partial charge in [0.1, 0.15) is 0 Å². The highest BCUT2D eigenvalue weighted by Gasteiger charge is 2.23. The molecule has 1 unspecified atom stereocenters. The lowest BCUT2D eigenvalue weighted by Gasteiger charge is -2.26. The summed E-state index contributed by atoms with van der Waals surface area (Å²) in [6, 6.07) is 1.47. The minimum absolute atomic E-state index is 0.123. The first-order valence-corrected chi connectivity index (χ1v) is 6.17. The highest BCUT2D eigenvalue weighted by atomic mass is 16.5. The van der Waals surface area contributed by atoms with E-state index >= 15 is 0 Å². The third-order valence-electron chi connectivity index (χ3n) is 2.81. The summed E-state index contributed by atoms with van der Waals surface area (Å²) in [6.45, 7) is 7.80. The second-order valence-corrected chi connectivity index (χ2v) is 5.60. The number of hydrogen-bond donors (Lipinski definition) is 2. The Morgan fingerprint density at radius 3 is 2.63 bits per heavy atom. The van der Waals surface area contributed by atoms with E-state index in [4.69, 9.17) is 10.5 Å². The van der Waals surface area contributed by atoms with E-state index in [-0.39, 0.29) is 29.7 Å². The molecule has 1 rings (SSSR count). The number of nitrogens with zero attached hydrogens (tertiary/aromatic N) is 2. The van der Waals surface area contributed by atoms with E-state index < -0.39 is 0 Å². The average Bonchev–Trinajstić information content (AvgIpc) is 2.26. The fourth-order valence-corrected chi connectivity index (χ4v) is 1.38. The van der Waals surface area contributed by atoms with Crippen LogP contribution in [0.1, 0.15) is 32.9 Å². The van der Waals surface area contributed by atoms with Gasteiger partial charge in [0.05, 0.1) is 7.11 Å². The maximum Gasteiger partial charge on any atom is 0.232 e. The zero-order valence-electron chi connectivity index (χ0n) is 12.2. The number of methoxy groups -OCH3 is 1. The second kappa shape index (κ2) is 5.97. The van der Waals surface area contributed by atoms with Crippen molar-refractivity contribution in [3.8, 4) is 5.88 Å². The average molecular weight is 266 g/mol. The predicted octanol–water partition coefficient (Wildman–Crippen LogP) is 1.50. The number of ether oxygens (including phenoxy) is 1. The van der Waals surface area contributed by atoms with Crippen LogP contribution in [-0.4, -0.2) is 29.0 Å². The van der Waals surface area contributed by atoms with Crippen molar-refractivity contribution in [3.63, 3.8) is 0 Å². The molecule has 0 saturated heterocycles. The fourth-order valence-electron chi connectivity index (χ4n) is 1.38. The molecule has 106 valence electrons. The van der Waals surface area contributed by atoms with E-state index in [1.54, 1.807) is 13.0 Å². The van der Waals surface area contributed by atoms with Crippen LogP contribution in [0.4, 0.5) is 5.95 Å². The van der Waals surface area contributed by atoms with E-state index in [2.05, 4.69) is 15.3 Å². The summed E-state index contributed by atoms with van der Waals surface area (Å²) in [4.78, 5) is 20.1. The van der Waals surface area contributed by atoms with Gasteiger partial charge in [0.15, 0.2) is 0 Å². The van der Waals surface area contributed by atoms with Crippen molar-refractivity contribution in [2.75, 3.05) is 12.4 Å². The van der Waals surface area contributed by atoms with Crippen LogP contribution in [0, 0.1) is 12.3 Å². The van der Waals surface area contributed by atoms with Crippen LogP contribution < -0.4 is 15.8 Å². The monoisotopic (exact) mass is 266 g/mol. The van der Waals surface area contributed by atoms with Gasteiger partial charge >= 0.3 is 0 Å². The zero-order valence-corrected chi connectivity index (χ0v) is 12.2. The van der Waals surface area contributed by atoms with E-state index in [0.717, 1.165) is 5.69 Å². The van der Waals surface area contributed by atoms with Gasteiger partial charge in [-0.05, 0) is 12.3 Å². The highest BCUT2D eigenvalue weighted by Crippen LogP contribution is 2.20. The molecule has 1 heterocycles. The summed E-state index contributed by atoms with van der Waals surface area (Å²) in [6.07, 6.45) is 0.225. The molecule has 0 bridgehead atoms. The Hall–Kier alpha value is -1.69. The lowest BCUT2D eigenvalue weighted by atomic mass is 9.85. The van der Waals surface area contributed by atoms with Crippen molar-refractivity contribution in [1.29, 1.82) is 0 Å². The first kappa shape index (κ1) is 15.4. The van der Waals surface area contributed by atoms with Crippen molar-refractivity contribution in [2.24, 2.45) is 11.1 Å². The van der Waals surface area contributed by atoms with Crippen LogP contribution in [-0.2, 0) is 4.79 Å². The first-order valence-electron chi connectivity index (χ1n) is 6.17. The van der Waals surface area contributed by atoms with Gasteiger partial charge < -0.3 is 10.5 Å². The number of nitrogens with two attached hydrogens (primary N) is 1. The standard InChI is InChI=1S/C13H22N4O2/c1-8-6-11(19-5)17-12(15-8)16-10(18)7-9(14)13(2,3)4/h6,9H,7,14H2,1-5H3,(H,15,16,17,18). The summed E-state index contributed by atoms with van der Waals surface area (Å²) >= 11 is 0. The molecule has 0 fully saturated rings. The van der Waals surface area contributed by atoms with Gasteiger partial charge in [0.2, 0.25) is 17.7 Å². The lowest BCUT2D eigenvalue weighted by Crippen LogP contribution is -2.38. The second-order valence-electron chi connectivity index (χ2n) is 5.60. The molecule has 19 heavy (non-hydrogen) atoms. The molecule has 0 aliphatic carbocycles. The first-order chi connectivity index (χ1) is 8.72. The molecular weight excluding hydrogens is 244 g/mol. The van der Waals surface area contributed by atoms with Crippen LogP contribution in [0.15, 0.2) is 6.07 Å². The molecule has 1 amide bonds. The molecule has 0 radical (unpaired) electrons. The summed E-state index contributed by atoms with van der Waals surface area (Å²) in [7, 11) is 1.52. The van der Waals surface area contributed by atoms with E-state index in [9.17, 15) is 4.79 Å². The van der Waals surface area contributed by atoms with Crippen molar-refractivity contribution in [2.45, 2.75) is 40.2 Å². The number of aromatic nitrogens is 2. The number of hydrogen-bond acceptors (Lipinski definition) is 5. The van der Waals surface area contributed by atoms with Gasteiger partial charge in [-0.3, -0.25) is 10.1 Å². The highest BCUT2D eigenvalue weighted by molar-refractivity contribution is 5.89. The van der Waals surface area contributed by atoms with E-state index in [1.807, 2.05) is 20.8 Å². The Morgan fingerprint density at radius 2 is 2.11 bits per heavy atom. The third kappa shape index (κ3) is 4.82. The number of anilines is 1. The number of aryl methyl sites for hydroxylation is 1. The molecule has 3 N–H and O–H groups in total. The maximum absolute atomic E-state index is 11.9. The number of amides is 1. The molecule has 0 aliphatic rings. The molecule has 1 aromatic rings. The Labute approximate surface area is 113 Å². The quantitative estimate of drug-likeness (QED) is 0.861. The number of nitrogens with one attached hydrogen (secondary N) is 1. The van der Waals surface area contributed by atoms with Gasteiger partial charge in [-0.15, -0.1) is 0 Å². The molecule has 0 aromatic carbocycles. The van der Waals surface area contributed by atoms with Crippen LogP contribution in [0.3, 0.4) is 0 Å². The van der Waals surface area contributed by atoms with Crippen LogP contribution in [0.2, 0.25) is 0 Å². The molecule has 0 spiro atoms. The third-order valence-corrected chi connectivity index (χ3v) is 2.81. The largest absolute Gasteiger partial charge is 0.481 e. The SMILES string of the molecule is COc1cc(C)nc(NC(=O)CC(N)C(C)(C)C)n1. The van der Waals surface area contributed by atoms with Gasteiger partial charge in [-0.2, -0.15) is 4.98 Å². The topological polar surface area (TPSA) is 90.1 Å². The number of carbonyl (C=O) groups is 1. The van der Waals surface area contributed by atoms with Crippen LogP contribution in [0.5, 0.6) is 5.88 Å². The normalized spacial score (nSPS) is 12.9. The molecular formula is C13H22N4O2. The van der Waals surface area contributed by atoms with E-state index in [0.29, 0.717) is 5.88 Å². The Kier molecular flexibility index (Phi) is 4.83. The van der Waals surface area contributed by atoms with Crippen molar-refractivity contribution < 1.29 is 9.53 Å². The number of rotatable bonds is 4. The van der Waals surface area contributed by atoms with Crippen molar-refractivity contribution in [1.82, 2.24) is 9.97 Å². The minimum Gasteiger partial charge on any atom is -0.481 e. The summed E-state index contributed by atoms with van der Waals surface area (Å²) in [5, 5.41) is 2.64. The van der Waals surface area contributed by atoms with Crippen LogP contribution in [0.25, 0.3) is 0 Å². The fraction of sp³-hybridized carbons (Fsp3) is 0.615. The lowest BCUT2D eigenvalue weighted by molar-refractivity contribution is -0.117. The zero-order chi connectivity index (χ0) is 14.6. The van der Waals surface area contributed by atoms with Gasteiger partial charge in [-0.1, -0.05) is 20.8 Å². The molecule has 0 aliphatic heterocycles. The molecule has 6 heteroatoms. The Morgan fingerprint density at radius 1 is 1.47 bits per heavy atom. The molecule has 0 saturated carbocycles. The molecule has 1 aromatic heterocycles. The summed E-state index contributed by atoms with van der Waals surface area (Å²) < 4.78 is 5.03. The van der Waals surface area contributed by atoms with Gasteiger partial charge in [0.25, 0.3) is 0 Å². The predicted molar refractivity (Wildman–Crippen MR) is 74.0 cm³/mol. The van der Waals surface area contributed by atoms with Gasteiger partial charge in [-0.25, -0.2) is 4.98 Å². The molecule has 1 atom stereocenters. The van der Waals surface area contributed by atoms with Gasteiger partial charge in [0, 0.05) is 24.2 Å². The maximum atomic E-state index is 11.9. The Balaban J connectivity index is 2.69. The summed E-state index contributed by atoms with van der Waals surface area (Å²) in [5.74, 6) is 0.459. The number of carbonyl (C=O) groups excluding carboxylic acids is 1. The van der Waals surface area contributed by atoms with Crippen LogP contribution >= 0.6 is 0 Å². The van der Waals surface area contributed by atoms with Crippen molar-refractivity contribution in [3.05, 3.63) is 11.8 Å².